The summed E-state index contributed by atoms with van der Waals surface area (Å²) in [5, 5.41) is 1.15. The van der Waals surface area contributed by atoms with E-state index < -0.39 is 11.4 Å². The molecule has 0 saturated carbocycles. The first-order chi connectivity index (χ1) is 10.1. The SMILES string of the molecule is Cc1c(Cc2c(F)cccc2Cl)c(=O)oc2ccccc12. The van der Waals surface area contributed by atoms with Gasteiger partial charge in [0.25, 0.3) is 0 Å². The topological polar surface area (TPSA) is 30.2 Å². The standard InChI is InChI=1S/C17H12ClFO2/c1-10-11-5-2-3-8-16(11)21-17(20)12(10)9-13-14(18)6-4-7-15(13)19/h2-8H,9H2,1H3. The predicted octanol–water partition coefficient (Wildman–Crippen LogP) is 4.48. The lowest BCUT2D eigenvalue weighted by Gasteiger charge is -2.09. The Morgan fingerprint density at radius 1 is 1.10 bits per heavy atom. The van der Waals surface area contributed by atoms with Gasteiger partial charge in [0.05, 0.1) is 0 Å². The first kappa shape index (κ1) is 13.8. The molecule has 2 aromatic carbocycles. The average molecular weight is 303 g/mol. The molecule has 0 spiro atoms. The van der Waals surface area contributed by atoms with Crippen molar-refractivity contribution in [2.45, 2.75) is 13.3 Å². The van der Waals surface area contributed by atoms with Crippen molar-refractivity contribution in [1.29, 1.82) is 0 Å². The van der Waals surface area contributed by atoms with E-state index in [1.54, 1.807) is 18.2 Å². The lowest BCUT2D eigenvalue weighted by Crippen LogP contribution is -2.11. The third kappa shape index (κ3) is 2.45. The molecule has 0 aliphatic carbocycles. The number of rotatable bonds is 2. The fourth-order valence-electron chi connectivity index (χ4n) is 2.43. The summed E-state index contributed by atoms with van der Waals surface area (Å²) in [6.07, 6.45) is 0.116. The van der Waals surface area contributed by atoms with Crippen molar-refractivity contribution in [2.24, 2.45) is 0 Å². The molecule has 0 amide bonds. The molecule has 1 aromatic heterocycles. The van der Waals surface area contributed by atoms with Gasteiger partial charge in [-0.3, -0.25) is 0 Å². The highest BCUT2D eigenvalue weighted by molar-refractivity contribution is 6.31. The van der Waals surface area contributed by atoms with E-state index in [4.69, 9.17) is 16.0 Å². The monoisotopic (exact) mass is 302 g/mol. The highest BCUT2D eigenvalue weighted by Gasteiger charge is 2.15. The summed E-state index contributed by atoms with van der Waals surface area (Å²) < 4.78 is 19.2. The summed E-state index contributed by atoms with van der Waals surface area (Å²) in [6, 6.07) is 11.8. The van der Waals surface area contributed by atoms with Crippen LogP contribution in [-0.2, 0) is 6.42 Å². The van der Waals surface area contributed by atoms with Gasteiger partial charge in [-0.1, -0.05) is 35.9 Å². The zero-order valence-electron chi connectivity index (χ0n) is 11.3. The first-order valence-electron chi connectivity index (χ1n) is 6.52. The van der Waals surface area contributed by atoms with Crippen molar-refractivity contribution in [2.75, 3.05) is 0 Å². The molecule has 3 rings (SSSR count). The average Bonchev–Trinajstić information content (AvgIpc) is 2.46. The van der Waals surface area contributed by atoms with Crippen LogP contribution in [0.15, 0.2) is 51.7 Å². The van der Waals surface area contributed by atoms with Crippen LogP contribution in [0.1, 0.15) is 16.7 Å². The van der Waals surface area contributed by atoms with Gasteiger partial charge < -0.3 is 4.42 Å². The summed E-state index contributed by atoms with van der Waals surface area (Å²) in [7, 11) is 0. The Hall–Kier alpha value is -2.13. The lowest BCUT2D eigenvalue weighted by molar-refractivity contribution is 0.549. The van der Waals surface area contributed by atoms with Crippen molar-refractivity contribution in [3.63, 3.8) is 0 Å². The van der Waals surface area contributed by atoms with E-state index >= 15 is 0 Å². The maximum atomic E-state index is 13.9. The maximum absolute atomic E-state index is 13.9. The molecule has 0 unspecified atom stereocenters. The van der Waals surface area contributed by atoms with Crippen LogP contribution in [0.25, 0.3) is 11.0 Å². The van der Waals surface area contributed by atoms with Gasteiger partial charge in [0.1, 0.15) is 11.4 Å². The maximum Gasteiger partial charge on any atom is 0.340 e. The van der Waals surface area contributed by atoms with E-state index in [1.165, 1.54) is 12.1 Å². The van der Waals surface area contributed by atoms with Gasteiger partial charge in [-0.2, -0.15) is 0 Å². The molecule has 0 bridgehead atoms. The molecule has 0 radical (unpaired) electrons. The van der Waals surface area contributed by atoms with Crippen molar-refractivity contribution in [3.05, 3.63) is 80.4 Å². The largest absolute Gasteiger partial charge is 0.423 e. The van der Waals surface area contributed by atoms with Crippen molar-refractivity contribution < 1.29 is 8.81 Å². The zero-order chi connectivity index (χ0) is 15.0. The van der Waals surface area contributed by atoms with Gasteiger partial charge >= 0.3 is 5.63 Å². The first-order valence-corrected chi connectivity index (χ1v) is 6.90. The molecule has 0 atom stereocenters. The van der Waals surface area contributed by atoms with Crippen molar-refractivity contribution in [1.82, 2.24) is 0 Å². The Labute approximate surface area is 125 Å². The predicted molar refractivity (Wildman–Crippen MR) is 81.4 cm³/mol. The minimum Gasteiger partial charge on any atom is -0.423 e. The Balaban J connectivity index is 2.20. The summed E-state index contributed by atoms with van der Waals surface area (Å²) in [5.41, 5.74) is 1.61. The van der Waals surface area contributed by atoms with Crippen LogP contribution >= 0.6 is 11.6 Å². The van der Waals surface area contributed by atoms with Gasteiger partial charge in [0, 0.05) is 28.0 Å². The molecule has 0 aliphatic heterocycles. The molecule has 0 N–H and O–H groups in total. The highest BCUT2D eigenvalue weighted by Crippen LogP contribution is 2.25. The van der Waals surface area contributed by atoms with E-state index in [1.807, 2.05) is 19.1 Å². The second-order valence-electron chi connectivity index (χ2n) is 4.87. The van der Waals surface area contributed by atoms with Crippen molar-refractivity contribution in [3.8, 4) is 0 Å². The Kier molecular flexibility index (Phi) is 3.52. The van der Waals surface area contributed by atoms with Crippen LogP contribution in [0.3, 0.4) is 0 Å². The number of benzene rings is 2. The summed E-state index contributed by atoms with van der Waals surface area (Å²) in [6.45, 7) is 1.84. The van der Waals surface area contributed by atoms with E-state index in [0.717, 1.165) is 10.9 Å². The van der Waals surface area contributed by atoms with E-state index in [-0.39, 0.29) is 6.42 Å². The summed E-state index contributed by atoms with van der Waals surface area (Å²) in [5.74, 6) is -0.422. The number of para-hydroxylation sites is 1. The molecule has 3 aromatic rings. The van der Waals surface area contributed by atoms with E-state index in [0.29, 0.717) is 21.7 Å². The van der Waals surface area contributed by atoms with E-state index in [2.05, 4.69) is 0 Å². The van der Waals surface area contributed by atoms with Crippen LogP contribution in [0.5, 0.6) is 0 Å². The van der Waals surface area contributed by atoms with Crippen LogP contribution in [-0.4, -0.2) is 0 Å². The van der Waals surface area contributed by atoms with Crippen LogP contribution in [0.4, 0.5) is 4.39 Å². The number of hydrogen-bond acceptors (Lipinski definition) is 2. The molecule has 0 saturated heterocycles. The molecular formula is C17H12ClFO2. The third-order valence-corrected chi connectivity index (χ3v) is 3.96. The van der Waals surface area contributed by atoms with Gasteiger partial charge in [-0.15, -0.1) is 0 Å². The van der Waals surface area contributed by atoms with E-state index in [9.17, 15) is 9.18 Å². The quantitative estimate of drug-likeness (QED) is 0.653. The molecule has 0 fully saturated rings. The highest BCUT2D eigenvalue weighted by atomic mass is 35.5. The van der Waals surface area contributed by atoms with Crippen LogP contribution in [0, 0.1) is 12.7 Å². The second kappa shape index (κ2) is 5.34. The Morgan fingerprint density at radius 2 is 1.86 bits per heavy atom. The number of hydrogen-bond donors (Lipinski definition) is 0. The molecule has 2 nitrogen and oxygen atoms in total. The minimum atomic E-state index is -0.453. The van der Waals surface area contributed by atoms with Gasteiger partial charge in [0.15, 0.2) is 0 Å². The van der Waals surface area contributed by atoms with Gasteiger partial charge in [-0.05, 0) is 30.7 Å². The number of halogens is 2. The molecule has 0 aliphatic rings. The number of fused-ring (bicyclic) bond motifs is 1. The fraction of sp³-hybridized carbons (Fsp3) is 0.118. The third-order valence-electron chi connectivity index (χ3n) is 3.61. The molecule has 21 heavy (non-hydrogen) atoms. The van der Waals surface area contributed by atoms with Crippen LogP contribution < -0.4 is 5.63 Å². The minimum absolute atomic E-state index is 0.116. The van der Waals surface area contributed by atoms with Crippen molar-refractivity contribution >= 4 is 22.6 Å². The molecular weight excluding hydrogens is 291 g/mol. The Bertz CT molecular complexity index is 863. The summed E-state index contributed by atoms with van der Waals surface area (Å²) >= 11 is 6.03. The number of aryl methyl sites for hydroxylation is 1. The lowest BCUT2D eigenvalue weighted by atomic mass is 9.99. The second-order valence-corrected chi connectivity index (χ2v) is 5.27. The summed E-state index contributed by atoms with van der Waals surface area (Å²) in [4.78, 5) is 12.1. The fourth-order valence-corrected chi connectivity index (χ4v) is 2.66. The normalized spacial score (nSPS) is 11.0. The molecule has 106 valence electrons. The smallest absolute Gasteiger partial charge is 0.340 e. The zero-order valence-corrected chi connectivity index (χ0v) is 12.1. The Morgan fingerprint density at radius 3 is 2.62 bits per heavy atom. The van der Waals surface area contributed by atoms with Crippen LogP contribution in [0.2, 0.25) is 5.02 Å². The molecule has 4 heteroatoms. The van der Waals surface area contributed by atoms with Gasteiger partial charge in [0.2, 0.25) is 0 Å². The van der Waals surface area contributed by atoms with Gasteiger partial charge in [-0.25, -0.2) is 9.18 Å². The molecule has 1 heterocycles.